The third-order valence-corrected chi connectivity index (χ3v) is 3.07. The van der Waals surface area contributed by atoms with Crippen molar-refractivity contribution in [1.29, 1.82) is 0 Å². The molecular weight excluding hydrogens is 218 g/mol. The van der Waals surface area contributed by atoms with Crippen LogP contribution in [0, 0.1) is 0 Å². The summed E-state index contributed by atoms with van der Waals surface area (Å²) in [6, 6.07) is 5.01. The van der Waals surface area contributed by atoms with Crippen molar-refractivity contribution in [1.82, 2.24) is 10.6 Å². The third-order valence-electron chi connectivity index (χ3n) is 3.07. The number of fused-ring (bicyclic) bond motifs is 1. The second-order valence-electron chi connectivity index (χ2n) is 4.29. The zero-order valence-corrected chi connectivity index (χ0v) is 9.73. The molecule has 1 unspecified atom stereocenters. The molecule has 1 aliphatic rings. The number of nitrogens with one attached hydrogen (secondary N) is 2. The minimum absolute atomic E-state index is 0.0405. The number of likely N-dealkylation sites (N-methyl/N-ethyl adjacent to an activating group) is 1. The summed E-state index contributed by atoms with van der Waals surface area (Å²) in [5.74, 6) is -0.0703. The molecule has 1 aromatic carbocycles. The van der Waals surface area contributed by atoms with Crippen LogP contribution in [-0.2, 0) is 11.2 Å². The fraction of sp³-hybridized carbons (Fsp3) is 0.417. The highest BCUT2D eigenvalue weighted by Gasteiger charge is 2.28. The van der Waals surface area contributed by atoms with Gasteiger partial charge in [0.25, 0.3) is 0 Å². The summed E-state index contributed by atoms with van der Waals surface area (Å²) < 4.78 is 0. The lowest BCUT2D eigenvalue weighted by Gasteiger charge is -2.31. The van der Waals surface area contributed by atoms with E-state index in [4.69, 9.17) is 10.8 Å². The van der Waals surface area contributed by atoms with Crippen LogP contribution in [0.2, 0.25) is 0 Å². The number of carbonyl (C=O) groups excluding carboxylic acids is 1. The predicted molar refractivity (Wildman–Crippen MR) is 65.0 cm³/mol. The van der Waals surface area contributed by atoms with Gasteiger partial charge in [-0.1, -0.05) is 6.07 Å². The smallest absolute Gasteiger partial charge is 0.242 e. The Balaban J connectivity index is 2.21. The van der Waals surface area contributed by atoms with Crippen LogP contribution in [0.4, 0.5) is 11.4 Å². The molecule has 0 spiro atoms. The minimum atomic E-state index is -0.244. The van der Waals surface area contributed by atoms with E-state index in [1.807, 2.05) is 18.0 Å². The summed E-state index contributed by atoms with van der Waals surface area (Å²) in [4.78, 5) is 13.7. The van der Waals surface area contributed by atoms with Crippen LogP contribution in [0.5, 0.6) is 0 Å². The lowest BCUT2D eigenvalue weighted by Crippen LogP contribution is -2.46. The molecule has 0 saturated heterocycles. The average molecular weight is 234 g/mol. The molecule has 5 heteroatoms. The Morgan fingerprint density at radius 3 is 3.06 bits per heavy atom. The standard InChI is InChI=1S/C12H16N3O2/c1-15(4-5-16)11-6-8-2-3-9(13)7-10(8)14-12(11)17/h2-3,7,11,13,16H,4-6H2,1H3,(H,14,17). The van der Waals surface area contributed by atoms with E-state index in [2.05, 4.69) is 5.32 Å². The zero-order valence-electron chi connectivity index (χ0n) is 9.73. The molecule has 5 nitrogen and oxygen atoms in total. The van der Waals surface area contributed by atoms with Gasteiger partial charge < -0.3 is 16.2 Å². The Kier molecular flexibility index (Phi) is 3.31. The van der Waals surface area contributed by atoms with E-state index in [9.17, 15) is 4.79 Å². The molecule has 0 bridgehead atoms. The number of rotatable bonds is 3. The van der Waals surface area contributed by atoms with Gasteiger partial charge in [-0.15, -0.1) is 0 Å². The van der Waals surface area contributed by atoms with Gasteiger partial charge >= 0.3 is 0 Å². The Labute approximate surface area is 100 Å². The van der Waals surface area contributed by atoms with Crippen molar-refractivity contribution in [2.24, 2.45) is 0 Å². The molecule has 91 valence electrons. The molecule has 1 heterocycles. The Bertz CT molecular complexity index is 434. The first-order valence-corrected chi connectivity index (χ1v) is 5.58. The first kappa shape index (κ1) is 11.9. The number of nitrogens with zero attached hydrogens (tertiary/aromatic N) is 1. The number of carbonyl (C=O) groups is 1. The maximum absolute atomic E-state index is 11.9. The number of amides is 1. The Hall–Kier alpha value is -1.59. The monoisotopic (exact) mass is 234 g/mol. The van der Waals surface area contributed by atoms with E-state index < -0.39 is 0 Å². The van der Waals surface area contributed by atoms with Crippen molar-refractivity contribution < 1.29 is 9.90 Å². The molecule has 0 aromatic heterocycles. The van der Waals surface area contributed by atoms with E-state index in [0.29, 0.717) is 18.7 Å². The fourth-order valence-electron chi connectivity index (χ4n) is 2.06. The largest absolute Gasteiger partial charge is 0.395 e. The molecule has 0 fully saturated rings. The number of anilines is 1. The van der Waals surface area contributed by atoms with Crippen molar-refractivity contribution in [2.45, 2.75) is 12.5 Å². The molecule has 1 radical (unpaired) electrons. The number of aliphatic hydroxyl groups excluding tert-OH is 1. The van der Waals surface area contributed by atoms with Crippen LogP contribution >= 0.6 is 0 Å². The highest BCUT2D eigenvalue weighted by Crippen LogP contribution is 2.26. The predicted octanol–water partition coefficient (Wildman–Crippen LogP) is 0.388. The van der Waals surface area contributed by atoms with Crippen LogP contribution < -0.4 is 11.1 Å². The molecule has 1 atom stereocenters. The zero-order chi connectivity index (χ0) is 12.4. The van der Waals surface area contributed by atoms with Gasteiger partial charge in [-0.3, -0.25) is 9.69 Å². The van der Waals surface area contributed by atoms with Crippen LogP contribution in [0.15, 0.2) is 18.2 Å². The van der Waals surface area contributed by atoms with Crippen LogP contribution in [0.25, 0.3) is 0 Å². The summed E-state index contributed by atoms with van der Waals surface area (Å²) in [5, 5.41) is 11.7. The summed E-state index contributed by atoms with van der Waals surface area (Å²) in [7, 11) is 1.82. The summed E-state index contributed by atoms with van der Waals surface area (Å²) >= 11 is 0. The highest BCUT2D eigenvalue weighted by molar-refractivity contribution is 5.98. The van der Waals surface area contributed by atoms with Crippen molar-refractivity contribution in [3.8, 4) is 0 Å². The van der Waals surface area contributed by atoms with Gasteiger partial charge in [0.05, 0.1) is 18.3 Å². The van der Waals surface area contributed by atoms with Gasteiger partial charge in [0.1, 0.15) is 0 Å². The molecule has 0 aliphatic carbocycles. The highest BCUT2D eigenvalue weighted by atomic mass is 16.3. The van der Waals surface area contributed by atoms with Gasteiger partial charge in [-0.25, -0.2) is 0 Å². The number of benzene rings is 1. The van der Waals surface area contributed by atoms with Crippen LogP contribution in [0.3, 0.4) is 0 Å². The molecule has 2 rings (SSSR count). The second-order valence-corrected chi connectivity index (χ2v) is 4.29. The van der Waals surface area contributed by atoms with Crippen molar-refractivity contribution in [3.05, 3.63) is 23.8 Å². The maximum atomic E-state index is 11.9. The van der Waals surface area contributed by atoms with Crippen molar-refractivity contribution in [2.75, 3.05) is 25.5 Å². The van der Waals surface area contributed by atoms with Crippen molar-refractivity contribution >= 4 is 17.3 Å². The van der Waals surface area contributed by atoms with Gasteiger partial charge in [-0.2, -0.15) is 0 Å². The number of hydrogen-bond donors (Lipinski definition) is 2. The average Bonchev–Trinajstić information content (AvgIpc) is 2.28. The van der Waals surface area contributed by atoms with Gasteiger partial charge in [0.15, 0.2) is 0 Å². The van der Waals surface area contributed by atoms with E-state index >= 15 is 0 Å². The summed E-state index contributed by atoms with van der Waals surface area (Å²) in [6.07, 6.45) is 0.623. The topological polar surface area (TPSA) is 76.4 Å². The Morgan fingerprint density at radius 1 is 1.59 bits per heavy atom. The van der Waals surface area contributed by atoms with Gasteiger partial charge in [-0.05, 0) is 31.2 Å². The summed E-state index contributed by atoms with van der Waals surface area (Å²) in [6.45, 7) is 0.517. The first-order chi connectivity index (χ1) is 8.11. The van der Waals surface area contributed by atoms with Crippen LogP contribution in [-0.4, -0.2) is 42.2 Å². The molecule has 0 saturated carbocycles. The van der Waals surface area contributed by atoms with Crippen molar-refractivity contribution in [3.63, 3.8) is 0 Å². The second kappa shape index (κ2) is 4.73. The molecule has 3 N–H and O–H groups in total. The number of hydrogen-bond acceptors (Lipinski definition) is 3. The van der Waals surface area contributed by atoms with E-state index in [-0.39, 0.29) is 18.6 Å². The normalized spacial score (nSPS) is 19.0. The van der Waals surface area contributed by atoms with Gasteiger partial charge in [0.2, 0.25) is 5.91 Å². The molecule has 1 aromatic rings. The van der Waals surface area contributed by atoms with Crippen LogP contribution in [0.1, 0.15) is 5.56 Å². The summed E-state index contributed by atoms with van der Waals surface area (Å²) in [5.41, 5.74) is 9.67. The lowest BCUT2D eigenvalue weighted by atomic mass is 9.97. The van der Waals surface area contributed by atoms with Gasteiger partial charge in [0, 0.05) is 12.2 Å². The van der Waals surface area contributed by atoms with E-state index in [1.54, 1.807) is 12.1 Å². The van der Waals surface area contributed by atoms with E-state index in [0.717, 1.165) is 11.3 Å². The fourth-order valence-corrected chi connectivity index (χ4v) is 2.06. The SMILES string of the molecule is CN(CCO)C1Cc2ccc([NH])cc2NC1=O. The first-order valence-electron chi connectivity index (χ1n) is 5.58. The molecule has 17 heavy (non-hydrogen) atoms. The number of aliphatic hydroxyl groups is 1. The molecule has 1 amide bonds. The molecular formula is C12H16N3O2. The molecule has 1 aliphatic heterocycles. The quantitative estimate of drug-likeness (QED) is 0.794. The Morgan fingerprint density at radius 2 is 2.35 bits per heavy atom. The lowest BCUT2D eigenvalue weighted by molar-refractivity contribution is -0.121. The minimum Gasteiger partial charge on any atom is -0.395 e. The maximum Gasteiger partial charge on any atom is 0.242 e. The van der Waals surface area contributed by atoms with E-state index in [1.165, 1.54) is 0 Å². The third kappa shape index (κ3) is 2.40.